The number of carboxylic acids is 1. The van der Waals surface area contributed by atoms with Crippen LogP contribution in [0.3, 0.4) is 0 Å². The van der Waals surface area contributed by atoms with Gasteiger partial charge in [0.25, 0.3) is 0 Å². The molecule has 0 unspecified atom stereocenters. The van der Waals surface area contributed by atoms with Gasteiger partial charge in [-0.25, -0.2) is 9.59 Å². The van der Waals surface area contributed by atoms with Gasteiger partial charge < -0.3 is 15.7 Å². The Morgan fingerprint density at radius 3 is 2.84 bits per heavy atom. The highest BCUT2D eigenvalue weighted by atomic mass is 32.2. The van der Waals surface area contributed by atoms with Crippen molar-refractivity contribution < 1.29 is 14.7 Å². The molecule has 0 fully saturated rings. The maximum atomic E-state index is 11.5. The number of nitrogens with one attached hydrogen (secondary N) is 2. The minimum Gasteiger partial charge on any atom is -0.478 e. The summed E-state index contributed by atoms with van der Waals surface area (Å²) < 4.78 is 0. The quantitative estimate of drug-likeness (QED) is 0.666. The Bertz CT molecular complexity index is 440. The summed E-state index contributed by atoms with van der Waals surface area (Å²) >= 11 is 1.78. The largest absolute Gasteiger partial charge is 0.478 e. The van der Waals surface area contributed by atoms with Gasteiger partial charge in [-0.1, -0.05) is 0 Å². The minimum absolute atomic E-state index is 0.0396. The van der Waals surface area contributed by atoms with Gasteiger partial charge in [-0.2, -0.15) is 11.8 Å². The summed E-state index contributed by atoms with van der Waals surface area (Å²) in [5.41, 5.74) is 0.402. The molecule has 1 aromatic heterocycles. The molecule has 1 aromatic rings. The van der Waals surface area contributed by atoms with Crippen LogP contribution in [0.2, 0.25) is 0 Å². The predicted octanol–water partition coefficient (Wildman–Crippen LogP) is 2.04. The lowest BCUT2D eigenvalue weighted by Crippen LogP contribution is -2.29. The van der Waals surface area contributed by atoms with E-state index in [4.69, 9.17) is 5.11 Å². The summed E-state index contributed by atoms with van der Waals surface area (Å²) in [6.07, 6.45) is 6.65. The highest BCUT2D eigenvalue weighted by Gasteiger charge is 2.06. The van der Waals surface area contributed by atoms with Crippen molar-refractivity contribution in [3.05, 3.63) is 24.0 Å². The molecule has 2 amide bonds. The first-order valence-corrected chi connectivity index (χ1v) is 7.25. The first kappa shape index (κ1) is 15.3. The van der Waals surface area contributed by atoms with Gasteiger partial charge in [-0.15, -0.1) is 0 Å². The van der Waals surface area contributed by atoms with Crippen molar-refractivity contribution in [3.63, 3.8) is 0 Å². The lowest BCUT2D eigenvalue weighted by molar-refractivity contribution is 0.0696. The number of carboxylic acid groups (broad SMARTS) is 1. The Morgan fingerprint density at radius 2 is 2.16 bits per heavy atom. The molecule has 6 nitrogen and oxygen atoms in total. The molecule has 19 heavy (non-hydrogen) atoms. The zero-order valence-corrected chi connectivity index (χ0v) is 11.5. The van der Waals surface area contributed by atoms with Crippen LogP contribution in [0.25, 0.3) is 0 Å². The number of carbonyl (C=O) groups is 2. The number of aromatic nitrogens is 1. The molecule has 0 atom stereocenters. The van der Waals surface area contributed by atoms with Gasteiger partial charge in [0.1, 0.15) is 0 Å². The van der Waals surface area contributed by atoms with Crippen molar-refractivity contribution in [2.75, 3.05) is 23.9 Å². The van der Waals surface area contributed by atoms with Crippen molar-refractivity contribution in [1.82, 2.24) is 10.3 Å². The Hall–Kier alpha value is -1.76. The van der Waals surface area contributed by atoms with Crippen LogP contribution in [0.15, 0.2) is 18.5 Å². The summed E-state index contributed by atoms with van der Waals surface area (Å²) in [5, 5.41) is 14.0. The van der Waals surface area contributed by atoms with E-state index in [1.165, 1.54) is 18.5 Å². The summed E-state index contributed by atoms with van der Waals surface area (Å²) in [6, 6.07) is 1.01. The van der Waals surface area contributed by atoms with Crippen LogP contribution in [0, 0.1) is 0 Å². The van der Waals surface area contributed by atoms with Gasteiger partial charge >= 0.3 is 12.0 Å². The maximum absolute atomic E-state index is 11.5. The second-order valence-corrected chi connectivity index (χ2v) is 4.83. The average Bonchev–Trinajstić information content (AvgIpc) is 2.38. The van der Waals surface area contributed by atoms with E-state index in [9.17, 15) is 9.59 Å². The number of carbonyl (C=O) groups excluding carboxylic acids is 1. The third-order valence-corrected chi connectivity index (χ3v) is 3.00. The monoisotopic (exact) mass is 283 g/mol. The number of hydrogen-bond acceptors (Lipinski definition) is 4. The summed E-state index contributed by atoms with van der Waals surface area (Å²) in [7, 11) is 0. The second-order valence-electron chi connectivity index (χ2n) is 3.85. The lowest BCUT2D eigenvalue weighted by atomic mass is 10.2. The normalized spacial score (nSPS) is 9.95. The topological polar surface area (TPSA) is 91.3 Å². The van der Waals surface area contributed by atoms with E-state index in [-0.39, 0.29) is 11.6 Å². The van der Waals surface area contributed by atoms with Crippen LogP contribution in [0.1, 0.15) is 23.2 Å². The molecule has 0 aliphatic rings. The van der Waals surface area contributed by atoms with Crippen molar-refractivity contribution in [1.29, 1.82) is 0 Å². The number of hydrogen-bond donors (Lipinski definition) is 3. The molecule has 0 saturated heterocycles. The highest BCUT2D eigenvalue weighted by Crippen LogP contribution is 2.08. The third-order valence-electron chi connectivity index (χ3n) is 2.30. The van der Waals surface area contributed by atoms with E-state index >= 15 is 0 Å². The lowest BCUT2D eigenvalue weighted by Gasteiger charge is -2.07. The molecule has 0 bridgehead atoms. The summed E-state index contributed by atoms with van der Waals surface area (Å²) in [4.78, 5) is 26.0. The smallest absolute Gasteiger partial charge is 0.337 e. The fourth-order valence-electron chi connectivity index (χ4n) is 1.37. The highest BCUT2D eigenvalue weighted by molar-refractivity contribution is 7.98. The zero-order chi connectivity index (χ0) is 14.1. The fraction of sp³-hybridized carbons (Fsp3) is 0.417. The predicted molar refractivity (Wildman–Crippen MR) is 75.8 cm³/mol. The Balaban J connectivity index is 2.35. The summed E-state index contributed by atoms with van der Waals surface area (Å²) in [6.45, 7) is 0.596. The fourth-order valence-corrected chi connectivity index (χ4v) is 1.87. The number of amides is 2. The van der Waals surface area contributed by atoms with Gasteiger partial charge in [-0.3, -0.25) is 4.98 Å². The molecule has 0 radical (unpaired) electrons. The molecule has 0 spiro atoms. The van der Waals surface area contributed by atoms with Crippen molar-refractivity contribution in [2.24, 2.45) is 0 Å². The van der Waals surface area contributed by atoms with Gasteiger partial charge in [0.15, 0.2) is 0 Å². The first-order chi connectivity index (χ1) is 9.13. The number of urea groups is 1. The van der Waals surface area contributed by atoms with E-state index < -0.39 is 5.97 Å². The van der Waals surface area contributed by atoms with Crippen LogP contribution in [-0.2, 0) is 0 Å². The van der Waals surface area contributed by atoms with E-state index in [1.54, 1.807) is 11.8 Å². The molecule has 0 aromatic carbocycles. The molecule has 1 rings (SSSR count). The van der Waals surface area contributed by atoms with Crippen LogP contribution >= 0.6 is 11.8 Å². The van der Waals surface area contributed by atoms with Crippen molar-refractivity contribution >= 4 is 29.4 Å². The number of aromatic carboxylic acids is 1. The van der Waals surface area contributed by atoms with Crippen LogP contribution in [-0.4, -0.2) is 40.6 Å². The van der Waals surface area contributed by atoms with Crippen molar-refractivity contribution in [2.45, 2.75) is 12.8 Å². The molecule has 1 heterocycles. The Morgan fingerprint density at radius 1 is 1.37 bits per heavy atom. The van der Waals surface area contributed by atoms with Crippen LogP contribution in [0.4, 0.5) is 10.5 Å². The number of rotatable bonds is 7. The SMILES string of the molecule is CSCCCCNC(=O)Nc1cncc(C(=O)O)c1. The van der Waals surface area contributed by atoms with E-state index in [1.807, 2.05) is 6.26 Å². The van der Waals surface area contributed by atoms with Crippen LogP contribution in [0.5, 0.6) is 0 Å². The van der Waals surface area contributed by atoms with Gasteiger partial charge in [0.2, 0.25) is 0 Å². The third kappa shape index (κ3) is 6.10. The zero-order valence-electron chi connectivity index (χ0n) is 10.7. The second kappa shape index (κ2) is 8.36. The molecular formula is C12H17N3O3S. The molecule has 3 N–H and O–H groups in total. The van der Waals surface area contributed by atoms with Crippen molar-refractivity contribution in [3.8, 4) is 0 Å². The number of unbranched alkanes of at least 4 members (excludes halogenated alkanes) is 1. The van der Waals surface area contributed by atoms with E-state index in [0.717, 1.165) is 18.6 Å². The molecule has 0 saturated carbocycles. The Kier molecular flexibility index (Phi) is 6.73. The first-order valence-electron chi connectivity index (χ1n) is 5.85. The van der Waals surface area contributed by atoms with Gasteiger partial charge in [-0.05, 0) is 30.9 Å². The molecular weight excluding hydrogens is 266 g/mol. The molecule has 0 aliphatic carbocycles. The van der Waals surface area contributed by atoms with Gasteiger partial charge in [0.05, 0.1) is 17.4 Å². The number of thioether (sulfide) groups is 1. The standard InChI is InChI=1S/C12H17N3O3S/c1-19-5-3-2-4-14-12(18)15-10-6-9(11(16)17)7-13-8-10/h6-8H,2-5H2,1H3,(H,16,17)(H2,14,15,18). The molecule has 0 aliphatic heterocycles. The average molecular weight is 283 g/mol. The molecule has 7 heteroatoms. The minimum atomic E-state index is -1.08. The van der Waals surface area contributed by atoms with E-state index in [2.05, 4.69) is 15.6 Å². The van der Waals surface area contributed by atoms with Gasteiger partial charge in [0, 0.05) is 12.7 Å². The number of nitrogens with zero attached hydrogens (tertiary/aromatic N) is 1. The Labute approximate surface area is 116 Å². The summed E-state index contributed by atoms with van der Waals surface area (Å²) in [5.74, 6) is 0.00191. The van der Waals surface area contributed by atoms with E-state index in [0.29, 0.717) is 12.2 Å². The number of pyridine rings is 1. The number of anilines is 1. The maximum Gasteiger partial charge on any atom is 0.337 e. The molecule has 104 valence electrons. The van der Waals surface area contributed by atoms with Crippen LogP contribution < -0.4 is 10.6 Å².